The van der Waals surface area contributed by atoms with Gasteiger partial charge < -0.3 is 19.7 Å². The van der Waals surface area contributed by atoms with Gasteiger partial charge in [0.15, 0.2) is 11.5 Å². The smallest absolute Gasteiger partial charge is 0.160 e. The molecule has 1 aromatic carbocycles. The van der Waals surface area contributed by atoms with Crippen LogP contribution in [0.15, 0.2) is 18.2 Å². The predicted octanol–water partition coefficient (Wildman–Crippen LogP) is 2.26. The van der Waals surface area contributed by atoms with Crippen molar-refractivity contribution in [2.45, 2.75) is 44.3 Å². The molecule has 0 aliphatic heterocycles. The van der Waals surface area contributed by atoms with Gasteiger partial charge in [-0.1, -0.05) is 18.9 Å². The van der Waals surface area contributed by atoms with Crippen molar-refractivity contribution in [3.8, 4) is 11.5 Å². The molecule has 0 saturated heterocycles. The molecule has 4 nitrogen and oxygen atoms in total. The van der Waals surface area contributed by atoms with Crippen LogP contribution in [-0.4, -0.2) is 36.1 Å². The number of phenols is 1. The van der Waals surface area contributed by atoms with Gasteiger partial charge in [0.05, 0.1) is 25.9 Å². The number of hydrogen-bond donors (Lipinski definition) is 2. The van der Waals surface area contributed by atoms with E-state index in [0.29, 0.717) is 12.4 Å². The van der Waals surface area contributed by atoms with E-state index < -0.39 is 0 Å². The van der Waals surface area contributed by atoms with Crippen LogP contribution in [0.2, 0.25) is 0 Å². The Morgan fingerprint density at radius 1 is 1.26 bits per heavy atom. The number of aliphatic hydroxyl groups is 1. The molecular formula is C15H22O4. The van der Waals surface area contributed by atoms with Crippen LogP contribution in [0.4, 0.5) is 0 Å². The van der Waals surface area contributed by atoms with Crippen molar-refractivity contribution in [2.24, 2.45) is 0 Å². The average molecular weight is 266 g/mol. The molecule has 0 bridgehead atoms. The number of aromatic hydroxyl groups is 1. The van der Waals surface area contributed by atoms with Crippen molar-refractivity contribution in [1.29, 1.82) is 0 Å². The number of ether oxygens (including phenoxy) is 2. The summed E-state index contributed by atoms with van der Waals surface area (Å²) < 4.78 is 10.8. The molecular weight excluding hydrogens is 244 g/mol. The van der Waals surface area contributed by atoms with E-state index in [1.54, 1.807) is 6.07 Å². The summed E-state index contributed by atoms with van der Waals surface area (Å²) in [7, 11) is 1.54. The first-order valence-corrected chi connectivity index (χ1v) is 6.86. The molecule has 2 rings (SSSR count). The Morgan fingerprint density at radius 3 is 2.79 bits per heavy atom. The van der Waals surface area contributed by atoms with Crippen molar-refractivity contribution in [2.75, 3.05) is 13.7 Å². The van der Waals surface area contributed by atoms with Crippen LogP contribution in [0.5, 0.6) is 11.5 Å². The number of aliphatic hydroxyl groups excluding tert-OH is 1. The summed E-state index contributed by atoms with van der Waals surface area (Å²) in [4.78, 5) is 0. The van der Waals surface area contributed by atoms with Crippen LogP contribution in [0.3, 0.4) is 0 Å². The van der Waals surface area contributed by atoms with Gasteiger partial charge in [-0.25, -0.2) is 0 Å². The standard InChI is InChI=1S/C15H22O4/c1-18-15-10-11(6-7-13(15)17)8-9-19-14-5-3-2-4-12(14)16/h6-7,10,12,14,16-17H,2-5,8-9H2,1H3/t12-,14+/m0/s1. The Bertz CT molecular complexity index is 405. The van der Waals surface area contributed by atoms with Crippen molar-refractivity contribution >= 4 is 0 Å². The summed E-state index contributed by atoms with van der Waals surface area (Å²) >= 11 is 0. The molecule has 2 N–H and O–H groups in total. The minimum absolute atomic E-state index is 0.0206. The third-order valence-electron chi connectivity index (χ3n) is 3.63. The van der Waals surface area contributed by atoms with E-state index >= 15 is 0 Å². The Labute approximate surface area is 114 Å². The maximum atomic E-state index is 9.81. The zero-order valence-electron chi connectivity index (χ0n) is 11.3. The second kappa shape index (κ2) is 6.78. The third-order valence-corrected chi connectivity index (χ3v) is 3.63. The minimum atomic E-state index is -0.317. The van der Waals surface area contributed by atoms with E-state index in [4.69, 9.17) is 9.47 Å². The normalized spacial score (nSPS) is 23.3. The van der Waals surface area contributed by atoms with Gasteiger partial charge in [-0.2, -0.15) is 0 Å². The molecule has 106 valence electrons. The average Bonchev–Trinajstić information content (AvgIpc) is 2.43. The van der Waals surface area contributed by atoms with E-state index in [-0.39, 0.29) is 18.0 Å². The Kier molecular flexibility index (Phi) is 5.05. The first-order valence-electron chi connectivity index (χ1n) is 6.86. The van der Waals surface area contributed by atoms with E-state index in [9.17, 15) is 10.2 Å². The molecule has 0 aromatic heterocycles. The summed E-state index contributed by atoms with van der Waals surface area (Å²) in [5, 5.41) is 19.3. The molecule has 1 aliphatic carbocycles. The van der Waals surface area contributed by atoms with Gasteiger partial charge in [-0.15, -0.1) is 0 Å². The highest BCUT2D eigenvalue weighted by Gasteiger charge is 2.23. The predicted molar refractivity (Wildman–Crippen MR) is 72.6 cm³/mol. The highest BCUT2D eigenvalue weighted by atomic mass is 16.5. The largest absolute Gasteiger partial charge is 0.504 e. The minimum Gasteiger partial charge on any atom is -0.504 e. The molecule has 0 amide bonds. The molecule has 1 aromatic rings. The van der Waals surface area contributed by atoms with Crippen molar-refractivity contribution in [1.82, 2.24) is 0 Å². The molecule has 0 spiro atoms. The summed E-state index contributed by atoms with van der Waals surface area (Å²) in [5.74, 6) is 0.630. The van der Waals surface area contributed by atoms with Gasteiger partial charge in [0, 0.05) is 0 Å². The van der Waals surface area contributed by atoms with Gasteiger partial charge in [-0.3, -0.25) is 0 Å². The molecule has 0 unspecified atom stereocenters. The van der Waals surface area contributed by atoms with Crippen molar-refractivity contribution in [3.05, 3.63) is 23.8 Å². The molecule has 1 aliphatic rings. The SMILES string of the molecule is COc1cc(CCO[C@@H]2CCCC[C@@H]2O)ccc1O. The molecule has 4 heteroatoms. The lowest BCUT2D eigenvalue weighted by Crippen LogP contribution is -2.32. The molecule has 0 heterocycles. The summed E-state index contributed by atoms with van der Waals surface area (Å²) in [6.45, 7) is 0.579. The molecule has 0 radical (unpaired) electrons. The first-order chi connectivity index (χ1) is 9.20. The highest BCUT2D eigenvalue weighted by molar-refractivity contribution is 5.41. The molecule has 1 fully saturated rings. The maximum Gasteiger partial charge on any atom is 0.160 e. The summed E-state index contributed by atoms with van der Waals surface area (Å²) in [6.07, 6.45) is 4.43. The van der Waals surface area contributed by atoms with Gasteiger partial charge >= 0.3 is 0 Å². The van der Waals surface area contributed by atoms with Crippen LogP contribution >= 0.6 is 0 Å². The number of hydrogen-bond acceptors (Lipinski definition) is 4. The molecule has 2 atom stereocenters. The molecule has 1 saturated carbocycles. The van der Waals surface area contributed by atoms with Crippen LogP contribution in [0, 0.1) is 0 Å². The second-order valence-corrected chi connectivity index (χ2v) is 5.02. The van der Waals surface area contributed by atoms with Gasteiger partial charge in [0.2, 0.25) is 0 Å². The number of rotatable bonds is 5. The number of methoxy groups -OCH3 is 1. The van der Waals surface area contributed by atoms with Gasteiger partial charge in [0.1, 0.15) is 0 Å². The van der Waals surface area contributed by atoms with E-state index in [1.165, 1.54) is 7.11 Å². The van der Waals surface area contributed by atoms with E-state index in [2.05, 4.69) is 0 Å². The Balaban J connectivity index is 1.82. The third kappa shape index (κ3) is 3.85. The molecule has 19 heavy (non-hydrogen) atoms. The number of benzene rings is 1. The monoisotopic (exact) mass is 266 g/mol. The summed E-state index contributed by atoms with van der Waals surface area (Å²) in [5.41, 5.74) is 1.06. The van der Waals surface area contributed by atoms with Gasteiger partial charge in [0.25, 0.3) is 0 Å². The quantitative estimate of drug-likeness (QED) is 0.858. The van der Waals surface area contributed by atoms with E-state index in [1.807, 2.05) is 12.1 Å². The van der Waals surface area contributed by atoms with Crippen LogP contribution in [0.1, 0.15) is 31.2 Å². The Morgan fingerprint density at radius 2 is 2.05 bits per heavy atom. The lowest BCUT2D eigenvalue weighted by atomic mass is 9.95. The van der Waals surface area contributed by atoms with Crippen LogP contribution < -0.4 is 4.74 Å². The zero-order valence-corrected chi connectivity index (χ0v) is 11.3. The maximum absolute atomic E-state index is 9.81. The zero-order chi connectivity index (χ0) is 13.7. The fraction of sp³-hybridized carbons (Fsp3) is 0.600. The van der Waals surface area contributed by atoms with E-state index in [0.717, 1.165) is 37.7 Å². The fourth-order valence-corrected chi connectivity index (χ4v) is 2.48. The highest BCUT2D eigenvalue weighted by Crippen LogP contribution is 2.27. The van der Waals surface area contributed by atoms with Crippen molar-refractivity contribution < 1.29 is 19.7 Å². The fourth-order valence-electron chi connectivity index (χ4n) is 2.48. The van der Waals surface area contributed by atoms with Crippen molar-refractivity contribution in [3.63, 3.8) is 0 Å². The second-order valence-electron chi connectivity index (χ2n) is 5.02. The number of phenolic OH excluding ortho intramolecular Hbond substituents is 1. The topological polar surface area (TPSA) is 58.9 Å². The lowest BCUT2D eigenvalue weighted by molar-refractivity contribution is -0.0575. The first kappa shape index (κ1) is 14.2. The van der Waals surface area contributed by atoms with Gasteiger partial charge in [-0.05, 0) is 37.0 Å². The van der Waals surface area contributed by atoms with Crippen LogP contribution in [0.25, 0.3) is 0 Å². The summed E-state index contributed by atoms with van der Waals surface area (Å²) in [6, 6.07) is 5.30. The lowest BCUT2D eigenvalue weighted by Gasteiger charge is -2.27. The Hall–Kier alpha value is -1.26. The van der Waals surface area contributed by atoms with Crippen LogP contribution in [-0.2, 0) is 11.2 Å².